The maximum atomic E-state index is 14.2. The Morgan fingerprint density at radius 3 is 1.43 bits per heavy atom. The van der Waals surface area contributed by atoms with E-state index in [4.69, 9.17) is 0 Å². The number of Topliss-reactive ketones (excluding diaryl/α,β-unsaturated/α-hetero) is 1. The smallest absolute Gasteiger partial charge is 0.230 e. The van der Waals surface area contributed by atoms with E-state index in [-0.39, 0.29) is 11.3 Å². The number of aliphatic hydroxyl groups is 1. The molecule has 0 bridgehead atoms. The summed E-state index contributed by atoms with van der Waals surface area (Å²) in [7, 11) is -3.44. The lowest BCUT2D eigenvalue weighted by Gasteiger charge is -2.20. The quantitative estimate of drug-likeness (QED) is 0.240. The highest BCUT2D eigenvalue weighted by molar-refractivity contribution is 7.93. The first-order chi connectivity index (χ1) is 17.5. The fourth-order valence-electron chi connectivity index (χ4n) is 4.28. The number of carbonyl (C=O) groups excluding carboxylic acids is 2. The van der Waals surface area contributed by atoms with Gasteiger partial charge in [0.05, 0.1) is 0 Å². The first-order valence-corrected chi connectivity index (χ1v) is 13.8. The second-order valence-corrected chi connectivity index (χ2v) is 12.3. The third kappa shape index (κ3) is 6.40. The van der Waals surface area contributed by atoms with E-state index in [1.807, 2.05) is 75.4 Å². The van der Waals surface area contributed by atoms with Crippen molar-refractivity contribution in [1.82, 2.24) is 0 Å². The summed E-state index contributed by atoms with van der Waals surface area (Å²) >= 11 is 0. The molecule has 37 heavy (non-hydrogen) atoms. The topological polar surface area (TPSA) is 71.4 Å². The van der Waals surface area contributed by atoms with E-state index in [2.05, 4.69) is 0 Å². The SMILES string of the molecule is CC(C)(O)C(=O)c1ccccc1.Cc1cc(C)c(C(=O)P(=O)(c2ccccc2)c2ccccc2)c(C)c1. The Kier molecular flexibility index (Phi) is 8.81. The Morgan fingerprint density at radius 2 is 1.05 bits per heavy atom. The molecule has 4 nitrogen and oxygen atoms in total. The van der Waals surface area contributed by atoms with Crippen LogP contribution in [0.25, 0.3) is 0 Å². The van der Waals surface area contributed by atoms with Gasteiger partial charge in [0, 0.05) is 21.7 Å². The molecular formula is C32H33O4P. The van der Waals surface area contributed by atoms with Crippen molar-refractivity contribution in [2.45, 2.75) is 40.2 Å². The number of ketones is 1. The minimum Gasteiger partial charge on any atom is -0.382 e. The molecule has 0 aliphatic carbocycles. The predicted molar refractivity (Wildman–Crippen MR) is 152 cm³/mol. The molecule has 0 spiro atoms. The molecule has 0 heterocycles. The number of rotatable bonds is 6. The molecule has 4 aromatic rings. The van der Waals surface area contributed by atoms with Crippen LogP contribution in [-0.4, -0.2) is 22.0 Å². The molecule has 0 atom stereocenters. The first kappa shape index (κ1) is 28.0. The van der Waals surface area contributed by atoms with Gasteiger partial charge in [-0.3, -0.25) is 9.59 Å². The maximum absolute atomic E-state index is 14.2. The third-order valence-electron chi connectivity index (χ3n) is 6.01. The van der Waals surface area contributed by atoms with Crippen LogP contribution in [0.5, 0.6) is 0 Å². The molecule has 1 N–H and O–H groups in total. The van der Waals surface area contributed by atoms with Crippen LogP contribution in [-0.2, 0) is 4.57 Å². The summed E-state index contributed by atoms with van der Waals surface area (Å²) in [5, 5.41) is 10.5. The van der Waals surface area contributed by atoms with Crippen LogP contribution in [0.4, 0.5) is 0 Å². The van der Waals surface area contributed by atoms with Crippen molar-refractivity contribution in [2.75, 3.05) is 0 Å². The van der Waals surface area contributed by atoms with Crippen molar-refractivity contribution >= 4 is 29.1 Å². The molecule has 0 radical (unpaired) electrons. The molecule has 0 amide bonds. The van der Waals surface area contributed by atoms with Crippen molar-refractivity contribution in [3.8, 4) is 0 Å². The number of benzene rings is 4. The molecule has 0 fully saturated rings. The summed E-state index contributed by atoms with van der Waals surface area (Å²) in [5.74, 6) is -0.247. The molecule has 4 aromatic carbocycles. The van der Waals surface area contributed by atoms with Crippen LogP contribution >= 0.6 is 7.14 Å². The van der Waals surface area contributed by atoms with Crippen molar-refractivity contribution in [3.05, 3.63) is 131 Å². The third-order valence-corrected chi connectivity index (χ3v) is 8.85. The molecular weight excluding hydrogens is 479 g/mol. The predicted octanol–water partition coefficient (Wildman–Crippen LogP) is 6.41. The highest BCUT2D eigenvalue weighted by Crippen LogP contribution is 2.47. The summed E-state index contributed by atoms with van der Waals surface area (Å²) in [6.07, 6.45) is 0. The molecule has 4 rings (SSSR count). The Morgan fingerprint density at radius 1 is 0.676 bits per heavy atom. The Balaban J connectivity index is 0.000000266. The highest BCUT2D eigenvalue weighted by atomic mass is 31.2. The normalized spacial score (nSPS) is 11.3. The van der Waals surface area contributed by atoms with Gasteiger partial charge in [0.2, 0.25) is 12.7 Å². The summed E-state index contributed by atoms with van der Waals surface area (Å²) < 4.78 is 14.2. The average molecular weight is 513 g/mol. The number of hydrogen-bond donors (Lipinski definition) is 1. The number of carbonyl (C=O) groups is 2. The van der Waals surface area contributed by atoms with Crippen LogP contribution in [0, 0.1) is 20.8 Å². The summed E-state index contributed by atoms with van der Waals surface area (Å²) in [5.41, 5.74) is 2.39. The molecule has 0 saturated heterocycles. The highest BCUT2D eigenvalue weighted by Gasteiger charge is 2.37. The summed E-state index contributed by atoms with van der Waals surface area (Å²) in [4.78, 5) is 25.0. The fourth-order valence-corrected chi connectivity index (χ4v) is 6.90. The van der Waals surface area contributed by atoms with E-state index < -0.39 is 12.7 Å². The van der Waals surface area contributed by atoms with Crippen LogP contribution in [0.3, 0.4) is 0 Å². The number of aryl methyl sites for hydroxylation is 3. The van der Waals surface area contributed by atoms with Crippen molar-refractivity contribution in [2.24, 2.45) is 0 Å². The van der Waals surface area contributed by atoms with Crippen LogP contribution in [0.15, 0.2) is 103 Å². The maximum Gasteiger partial charge on any atom is 0.230 e. The molecule has 0 aliphatic rings. The van der Waals surface area contributed by atoms with E-state index >= 15 is 0 Å². The zero-order valence-electron chi connectivity index (χ0n) is 21.9. The lowest BCUT2D eigenvalue weighted by molar-refractivity contribution is 0.0488. The molecule has 5 heteroatoms. The monoisotopic (exact) mass is 512 g/mol. The Labute approximate surface area is 219 Å². The lowest BCUT2D eigenvalue weighted by Crippen LogP contribution is -2.30. The van der Waals surface area contributed by atoms with Gasteiger partial charge in [0.25, 0.3) is 0 Å². The average Bonchev–Trinajstić information content (AvgIpc) is 2.88. The van der Waals surface area contributed by atoms with Gasteiger partial charge in [-0.1, -0.05) is 109 Å². The summed E-state index contributed by atoms with van der Waals surface area (Å²) in [6.45, 7) is 8.80. The molecule has 0 saturated carbocycles. The van der Waals surface area contributed by atoms with E-state index in [1.165, 1.54) is 13.8 Å². The largest absolute Gasteiger partial charge is 0.382 e. The van der Waals surface area contributed by atoms with Crippen molar-refractivity contribution in [1.29, 1.82) is 0 Å². The molecule has 0 aromatic heterocycles. The second-order valence-electron chi connectivity index (χ2n) is 9.61. The van der Waals surface area contributed by atoms with E-state index in [0.717, 1.165) is 16.7 Å². The van der Waals surface area contributed by atoms with Gasteiger partial charge in [-0.2, -0.15) is 0 Å². The Hall–Kier alpha value is -3.59. The van der Waals surface area contributed by atoms with Gasteiger partial charge in [-0.05, 0) is 45.7 Å². The van der Waals surface area contributed by atoms with Gasteiger partial charge < -0.3 is 9.67 Å². The van der Waals surface area contributed by atoms with Crippen LogP contribution < -0.4 is 10.6 Å². The number of hydrogen-bond acceptors (Lipinski definition) is 4. The minimum atomic E-state index is -3.44. The van der Waals surface area contributed by atoms with E-state index in [9.17, 15) is 19.3 Å². The Bertz CT molecular complexity index is 1350. The van der Waals surface area contributed by atoms with Gasteiger partial charge in [0.1, 0.15) is 5.60 Å². The molecule has 0 aliphatic heterocycles. The standard InChI is InChI=1S/C22H21O2P.C10H12O2/c1-16-14-17(2)21(18(3)15-16)22(23)25(24,19-10-6-4-7-11-19)20-12-8-5-9-13-20;1-10(2,12)9(11)8-6-4-3-5-7-8/h4-15H,1-3H3;3-7,12H,1-2H3. The minimum absolute atomic E-state index is 0.247. The van der Waals surface area contributed by atoms with E-state index in [0.29, 0.717) is 21.7 Å². The van der Waals surface area contributed by atoms with Gasteiger partial charge in [-0.25, -0.2) is 0 Å². The van der Waals surface area contributed by atoms with Gasteiger partial charge >= 0.3 is 0 Å². The fraction of sp³-hybridized carbons (Fsp3) is 0.188. The second kappa shape index (κ2) is 11.6. The van der Waals surface area contributed by atoms with Crippen molar-refractivity contribution in [3.63, 3.8) is 0 Å². The van der Waals surface area contributed by atoms with Crippen LogP contribution in [0.1, 0.15) is 51.3 Å². The molecule has 190 valence electrons. The molecule has 0 unspecified atom stereocenters. The first-order valence-electron chi connectivity index (χ1n) is 12.1. The van der Waals surface area contributed by atoms with Gasteiger partial charge in [-0.15, -0.1) is 0 Å². The summed E-state index contributed by atoms with van der Waals surface area (Å²) in [6, 6.07) is 30.9. The van der Waals surface area contributed by atoms with Gasteiger partial charge in [0.15, 0.2) is 5.78 Å². The zero-order chi connectivity index (χ0) is 27.2. The van der Waals surface area contributed by atoms with Crippen molar-refractivity contribution < 1.29 is 19.3 Å². The zero-order valence-corrected chi connectivity index (χ0v) is 22.8. The van der Waals surface area contributed by atoms with Crippen LogP contribution in [0.2, 0.25) is 0 Å². The lowest BCUT2D eigenvalue weighted by atomic mass is 9.97. The van der Waals surface area contributed by atoms with E-state index in [1.54, 1.807) is 48.5 Å².